The molecule has 1 aromatic carbocycles. The predicted molar refractivity (Wildman–Crippen MR) is 96.9 cm³/mol. The molecular weight excluding hydrogens is 340 g/mol. The van der Waals surface area contributed by atoms with Gasteiger partial charge in [0.05, 0.1) is 10.6 Å². The second-order valence-electron chi connectivity index (χ2n) is 5.89. The highest BCUT2D eigenvalue weighted by molar-refractivity contribution is 6.34. The fourth-order valence-electron chi connectivity index (χ4n) is 2.29. The van der Waals surface area contributed by atoms with Crippen molar-refractivity contribution in [3.8, 4) is 0 Å². The number of amides is 3. The topological polar surface area (TPSA) is 83.1 Å². The van der Waals surface area contributed by atoms with Crippen molar-refractivity contribution in [2.24, 2.45) is 0 Å². The van der Waals surface area contributed by atoms with E-state index in [1.165, 1.54) is 0 Å². The van der Waals surface area contributed by atoms with Crippen LogP contribution in [-0.4, -0.2) is 29.5 Å². The monoisotopic (exact) mass is 358 g/mol. The lowest BCUT2D eigenvalue weighted by Crippen LogP contribution is -2.31. The van der Waals surface area contributed by atoms with Gasteiger partial charge in [0.25, 0.3) is 5.91 Å². The molecule has 1 heterocycles. The molecule has 25 heavy (non-hydrogen) atoms. The molecule has 6 nitrogen and oxygen atoms in total. The summed E-state index contributed by atoms with van der Waals surface area (Å²) in [5.74, 6) is -0.216. The van der Waals surface area contributed by atoms with E-state index in [0.717, 1.165) is 18.5 Å². The molecule has 0 bridgehead atoms. The number of pyridine rings is 1. The van der Waals surface area contributed by atoms with Gasteiger partial charge in [0.1, 0.15) is 0 Å². The molecule has 1 aromatic heterocycles. The minimum absolute atomic E-state index is 0.216. The Labute approximate surface area is 151 Å². The lowest BCUT2D eigenvalue weighted by molar-refractivity contribution is 0.0951. The minimum atomic E-state index is -0.341. The van der Waals surface area contributed by atoms with Crippen LogP contribution in [-0.2, 0) is 6.42 Å². The van der Waals surface area contributed by atoms with Gasteiger partial charge in [-0.2, -0.15) is 0 Å². The Morgan fingerprint density at radius 3 is 2.76 bits per heavy atom. The first kappa shape index (κ1) is 17.2. The fraction of sp³-hybridized carbons (Fsp3) is 0.278. The number of carbonyl (C=O) groups excluding carboxylic acids is 2. The van der Waals surface area contributed by atoms with Crippen molar-refractivity contribution in [1.82, 2.24) is 15.6 Å². The average Bonchev–Trinajstić information content (AvgIpc) is 3.41. The Morgan fingerprint density at radius 2 is 2.04 bits per heavy atom. The molecule has 0 radical (unpaired) electrons. The molecule has 1 fully saturated rings. The molecule has 0 saturated heterocycles. The lowest BCUT2D eigenvalue weighted by Gasteiger charge is -2.10. The first-order chi connectivity index (χ1) is 12.1. The number of nitrogens with zero attached hydrogens (tertiary/aromatic N) is 1. The van der Waals surface area contributed by atoms with Crippen LogP contribution < -0.4 is 16.0 Å². The third-order valence-corrected chi connectivity index (χ3v) is 4.10. The Kier molecular flexibility index (Phi) is 5.50. The first-order valence-corrected chi connectivity index (χ1v) is 8.55. The number of hydrogen-bond donors (Lipinski definition) is 3. The number of hydrogen-bond acceptors (Lipinski definition) is 3. The van der Waals surface area contributed by atoms with Gasteiger partial charge in [0, 0.05) is 36.6 Å². The largest absolute Gasteiger partial charge is 0.349 e. The molecule has 130 valence electrons. The maximum Gasteiger partial charge on any atom is 0.319 e. The Morgan fingerprint density at radius 1 is 1.20 bits per heavy atom. The zero-order valence-electron chi connectivity index (χ0n) is 13.6. The van der Waals surface area contributed by atoms with Crippen LogP contribution in [0.5, 0.6) is 0 Å². The van der Waals surface area contributed by atoms with Gasteiger partial charge >= 0.3 is 6.03 Å². The SMILES string of the molecule is O=C(NCCc1ccccn1)Nc1ccc(Cl)c(C(=O)NC2CC2)c1. The van der Waals surface area contributed by atoms with Crippen LogP contribution in [0.25, 0.3) is 0 Å². The number of anilines is 1. The maximum absolute atomic E-state index is 12.2. The quantitative estimate of drug-likeness (QED) is 0.742. The number of benzene rings is 1. The molecule has 1 saturated carbocycles. The van der Waals surface area contributed by atoms with Crippen LogP contribution in [0.15, 0.2) is 42.6 Å². The summed E-state index contributed by atoms with van der Waals surface area (Å²) >= 11 is 6.09. The minimum Gasteiger partial charge on any atom is -0.349 e. The molecule has 3 N–H and O–H groups in total. The normalized spacial score (nSPS) is 13.2. The second kappa shape index (κ2) is 7.98. The van der Waals surface area contributed by atoms with Crippen LogP contribution in [0.4, 0.5) is 10.5 Å². The number of rotatable bonds is 6. The van der Waals surface area contributed by atoms with Crippen LogP contribution in [0.3, 0.4) is 0 Å². The number of aromatic nitrogens is 1. The number of carbonyl (C=O) groups is 2. The zero-order valence-corrected chi connectivity index (χ0v) is 14.3. The van der Waals surface area contributed by atoms with E-state index in [-0.39, 0.29) is 18.0 Å². The zero-order chi connectivity index (χ0) is 17.6. The average molecular weight is 359 g/mol. The van der Waals surface area contributed by atoms with Crippen LogP contribution in [0, 0.1) is 0 Å². The highest BCUT2D eigenvalue weighted by atomic mass is 35.5. The Balaban J connectivity index is 1.52. The van der Waals surface area contributed by atoms with Crippen LogP contribution in [0.1, 0.15) is 28.9 Å². The molecule has 2 aromatic rings. The highest BCUT2D eigenvalue weighted by Gasteiger charge is 2.24. The van der Waals surface area contributed by atoms with Gasteiger partial charge in [0.15, 0.2) is 0 Å². The Bertz CT molecular complexity index is 763. The molecule has 0 atom stereocenters. The first-order valence-electron chi connectivity index (χ1n) is 8.17. The van der Waals surface area contributed by atoms with Gasteiger partial charge in [-0.3, -0.25) is 9.78 Å². The molecule has 1 aliphatic rings. The third kappa shape index (κ3) is 5.19. The van der Waals surface area contributed by atoms with E-state index in [1.54, 1.807) is 24.4 Å². The molecular formula is C18H19ClN4O2. The summed E-state index contributed by atoms with van der Waals surface area (Å²) in [6.45, 7) is 0.464. The molecule has 3 amide bonds. The van der Waals surface area contributed by atoms with Gasteiger partial charge in [0.2, 0.25) is 0 Å². The van der Waals surface area contributed by atoms with Gasteiger partial charge < -0.3 is 16.0 Å². The van der Waals surface area contributed by atoms with E-state index in [1.807, 2.05) is 18.2 Å². The summed E-state index contributed by atoms with van der Waals surface area (Å²) in [4.78, 5) is 28.3. The Hall–Kier alpha value is -2.60. The van der Waals surface area contributed by atoms with E-state index < -0.39 is 0 Å². The number of urea groups is 1. The van der Waals surface area contributed by atoms with Gasteiger partial charge in [-0.25, -0.2) is 4.79 Å². The summed E-state index contributed by atoms with van der Waals surface area (Å²) in [5.41, 5.74) is 1.79. The van der Waals surface area contributed by atoms with E-state index >= 15 is 0 Å². The van der Waals surface area contributed by atoms with Crippen molar-refractivity contribution >= 4 is 29.2 Å². The summed E-state index contributed by atoms with van der Waals surface area (Å²) in [6.07, 6.45) is 4.36. The van der Waals surface area contributed by atoms with Gasteiger partial charge in [-0.05, 0) is 43.2 Å². The van der Waals surface area contributed by atoms with Crippen LogP contribution >= 0.6 is 11.6 Å². The predicted octanol–water partition coefficient (Wildman–Crippen LogP) is 2.99. The summed E-state index contributed by atoms with van der Waals surface area (Å²) in [6, 6.07) is 10.4. The van der Waals surface area contributed by atoms with Crippen molar-refractivity contribution in [2.45, 2.75) is 25.3 Å². The fourth-order valence-corrected chi connectivity index (χ4v) is 2.50. The van der Waals surface area contributed by atoms with Crippen molar-refractivity contribution in [1.29, 1.82) is 0 Å². The van der Waals surface area contributed by atoms with Crippen molar-refractivity contribution in [2.75, 3.05) is 11.9 Å². The van der Waals surface area contributed by atoms with E-state index in [9.17, 15) is 9.59 Å². The maximum atomic E-state index is 12.2. The summed E-state index contributed by atoms with van der Waals surface area (Å²) in [7, 11) is 0. The molecule has 3 rings (SSSR count). The molecule has 0 unspecified atom stereocenters. The molecule has 1 aliphatic carbocycles. The summed E-state index contributed by atoms with van der Waals surface area (Å²) < 4.78 is 0. The van der Waals surface area contributed by atoms with Gasteiger partial charge in [-0.15, -0.1) is 0 Å². The highest BCUT2D eigenvalue weighted by Crippen LogP contribution is 2.23. The number of halogens is 1. The van der Waals surface area contributed by atoms with E-state index in [4.69, 9.17) is 11.6 Å². The van der Waals surface area contributed by atoms with Crippen molar-refractivity contribution in [3.05, 3.63) is 58.9 Å². The van der Waals surface area contributed by atoms with Crippen molar-refractivity contribution in [3.63, 3.8) is 0 Å². The summed E-state index contributed by atoms with van der Waals surface area (Å²) in [5, 5.41) is 8.72. The lowest BCUT2D eigenvalue weighted by atomic mass is 10.2. The van der Waals surface area contributed by atoms with E-state index in [2.05, 4.69) is 20.9 Å². The van der Waals surface area contributed by atoms with Gasteiger partial charge in [-0.1, -0.05) is 17.7 Å². The second-order valence-corrected chi connectivity index (χ2v) is 6.30. The van der Waals surface area contributed by atoms with E-state index in [0.29, 0.717) is 29.2 Å². The smallest absolute Gasteiger partial charge is 0.319 e. The molecule has 7 heteroatoms. The van der Waals surface area contributed by atoms with Crippen molar-refractivity contribution < 1.29 is 9.59 Å². The van der Waals surface area contributed by atoms with Crippen LogP contribution in [0.2, 0.25) is 5.02 Å². The number of nitrogens with one attached hydrogen (secondary N) is 3. The molecule has 0 aliphatic heterocycles. The third-order valence-electron chi connectivity index (χ3n) is 3.77. The molecule has 0 spiro atoms. The standard InChI is InChI=1S/C18H19ClN4O2/c19-16-7-6-14(11-15(16)17(24)22-13-4-5-13)23-18(25)21-10-8-12-3-1-2-9-20-12/h1-3,6-7,9,11,13H,4-5,8,10H2,(H,22,24)(H2,21,23,25).